The number of amides is 2. The largest absolute Gasteiger partial charge is 0.368 e. The van der Waals surface area contributed by atoms with Gasteiger partial charge in [0.05, 0.1) is 12.0 Å². The minimum absolute atomic E-state index is 0.0316. The Morgan fingerprint density at radius 3 is 2.29 bits per heavy atom. The molecule has 1 aliphatic rings. The Hall–Kier alpha value is -1.10. The van der Waals surface area contributed by atoms with Crippen LogP contribution in [0.25, 0.3) is 0 Å². The van der Waals surface area contributed by atoms with Gasteiger partial charge in [-0.1, -0.05) is 6.92 Å². The normalized spacial score (nSPS) is 28.8. The first-order valence-electron chi connectivity index (χ1n) is 6.15. The van der Waals surface area contributed by atoms with Crippen LogP contribution in [0.4, 0.5) is 0 Å². The summed E-state index contributed by atoms with van der Waals surface area (Å²) in [7, 11) is 1.61. The summed E-state index contributed by atoms with van der Waals surface area (Å²) in [5.74, 6) is 0.131. The van der Waals surface area contributed by atoms with Crippen molar-refractivity contribution in [3.63, 3.8) is 0 Å². The topological polar surface area (TPSA) is 89.4 Å². The molecule has 1 fully saturated rings. The predicted octanol–water partition coefficient (Wildman–Crippen LogP) is 0.0853. The second-order valence-corrected chi connectivity index (χ2v) is 5.29. The Morgan fingerprint density at radius 1 is 1.35 bits per heavy atom. The van der Waals surface area contributed by atoms with Crippen LogP contribution in [0, 0.1) is 11.3 Å². The third-order valence-corrected chi connectivity index (χ3v) is 3.82. The van der Waals surface area contributed by atoms with Crippen molar-refractivity contribution in [3.8, 4) is 0 Å². The Bertz CT molecular complexity index is 296. The maximum absolute atomic E-state index is 12.3. The molecule has 5 nitrogen and oxygen atoms in total. The first kappa shape index (κ1) is 14.0. The van der Waals surface area contributed by atoms with E-state index in [0.717, 1.165) is 25.7 Å². The average Bonchev–Trinajstić information content (AvgIpc) is 2.29. The minimum Gasteiger partial charge on any atom is -0.368 e. The van der Waals surface area contributed by atoms with Crippen LogP contribution in [-0.2, 0) is 9.59 Å². The van der Waals surface area contributed by atoms with E-state index in [9.17, 15) is 9.59 Å². The highest BCUT2D eigenvalue weighted by molar-refractivity contribution is 5.87. The summed E-state index contributed by atoms with van der Waals surface area (Å²) in [6.07, 6.45) is 3.67. The van der Waals surface area contributed by atoms with E-state index >= 15 is 0 Å². The maximum atomic E-state index is 12.3. The van der Waals surface area contributed by atoms with Gasteiger partial charge >= 0.3 is 0 Å². The summed E-state index contributed by atoms with van der Waals surface area (Å²) in [5, 5.41) is 0. The van der Waals surface area contributed by atoms with Crippen molar-refractivity contribution in [2.75, 3.05) is 20.1 Å². The van der Waals surface area contributed by atoms with Crippen LogP contribution in [-0.4, -0.2) is 36.9 Å². The van der Waals surface area contributed by atoms with Crippen molar-refractivity contribution in [2.45, 2.75) is 32.6 Å². The summed E-state index contributed by atoms with van der Waals surface area (Å²) >= 11 is 0. The van der Waals surface area contributed by atoms with Crippen molar-refractivity contribution in [1.29, 1.82) is 0 Å². The van der Waals surface area contributed by atoms with Crippen LogP contribution in [0.1, 0.15) is 32.6 Å². The molecule has 0 aromatic heterocycles. The molecule has 17 heavy (non-hydrogen) atoms. The molecule has 0 unspecified atom stereocenters. The number of hydrogen-bond donors (Lipinski definition) is 2. The highest BCUT2D eigenvalue weighted by Crippen LogP contribution is 2.39. The van der Waals surface area contributed by atoms with Gasteiger partial charge in [-0.15, -0.1) is 0 Å². The van der Waals surface area contributed by atoms with E-state index in [2.05, 4.69) is 6.92 Å². The summed E-state index contributed by atoms with van der Waals surface area (Å²) in [5.41, 5.74) is 10.4. The van der Waals surface area contributed by atoms with E-state index in [-0.39, 0.29) is 12.5 Å². The molecule has 0 spiro atoms. The molecule has 0 aliphatic heterocycles. The van der Waals surface area contributed by atoms with E-state index in [4.69, 9.17) is 11.5 Å². The lowest BCUT2D eigenvalue weighted by Crippen LogP contribution is -2.50. The number of nitrogens with zero attached hydrogens (tertiary/aromatic N) is 1. The molecule has 0 aromatic carbocycles. The number of rotatable bonds is 4. The summed E-state index contributed by atoms with van der Waals surface area (Å²) < 4.78 is 0. The molecule has 1 saturated carbocycles. The maximum Gasteiger partial charge on any atom is 0.237 e. The van der Waals surface area contributed by atoms with Crippen LogP contribution in [0.15, 0.2) is 0 Å². The van der Waals surface area contributed by atoms with Gasteiger partial charge in [-0.2, -0.15) is 0 Å². The number of primary amides is 1. The van der Waals surface area contributed by atoms with Gasteiger partial charge < -0.3 is 16.4 Å². The Balaban J connectivity index is 2.72. The molecule has 0 bridgehead atoms. The SMILES string of the molecule is CC1CCC(CN)(C(=O)N(C)CC(N)=O)CC1. The molecule has 0 atom stereocenters. The molecule has 98 valence electrons. The monoisotopic (exact) mass is 241 g/mol. The zero-order chi connectivity index (χ0) is 13.1. The molecule has 5 heteroatoms. The van der Waals surface area contributed by atoms with Crippen molar-refractivity contribution < 1.29 is 9.59 Å². The number of likely N-dealkylation sites (N-methyl/N-ethyl adjacent to an activating group) is 1. The summed E-state index contributed by atoms with van der Waals surface area (Å²) in [6.45, 7) is 2.51. The zero-order valence-corrected chi connectivity index (χ0v) is 10.7. The Morgan fingerprint density at radius 2 is 1.88 bits per heavy atom. The van der Waals surface area contributed by atoms with Crippen molar-refractivity contribution in [2.24, 2.45) is 22.8 Å². The molecule has 0 radical (unpaired) electrons. The van der Waals surface area contributed by atoms with Gasteiger partial charge in [-0.05, 0) is 31.6 Å². The van der Waals surface area contributed by atoms with Gasteiger partial charge in [-0.3, -0.25) is 9.59 Å². The fourth-order valence-electron chi connectivity index (χ4n) is 2.53. The second-order valence-electron chi connectivity index (χ2n) is 5.29. The zero-order valence-electron chi connectivity index (χ0n) is 10.7. The molecule has 0 saturated heterocycles. The first-order chi connectivity index (χ1) is 7.91. The Labute approximate surface area is 103 Å². The highest BCUT2D eigenvalue weighted by Gasteiger charge is 2.41. The van der Waals surface area contributed by atoms with Crippen molar-refractivity contribution >= 4 is 11.8 Å². The number of carbonyl (C=O) groups excluding carboxylic acids is 2. The molecular weight excluding hydrogens is 218 g/mol. The van der Waals surface area contributed by atoms with Gasteiger partial charge in [0.25, 0.3) is 0 Å². The first-order valence-corrected chi connectivity index (χ1v) is 6.15. The third-order valence-electron chi connectivity index (χ3n) is 3.82. The van der Waals surface area contributed by atoms with E-state index < -0.39 is 11.3 Å². The minimum atomic E-state index is -0.489. The van der Waals surface area contributed by atoms with E-state index in [0.29, 0.717) is 12.5 Å². The smallest absolute Gasteiger partial charge is 0.237 e. The van der Waals surface area contributed by atoms with Gasteiger partial charge in [0.15, 0.2) is 0 Å². The number of nitrogens with two attached hydrogens (primary N) is 2. The van der Waals surface area contributed by atoms with Crippen molar-refractivity contribution in [1.82, 2.24) is 4.90 Å². The summed E-state index contributed by atoms with van der Waals surface area (Å²) in [6, 6.07) is 0. The average molecular weight is 241 g/mol. The van der Waals surface area contributed by atoms with Gasteiger partial charge in [0.1, 0.15) is 0 Å². The van der Waals surface area contributed by atoms with Crippen LogP contribution in [0.3, 0.4) is 0 Å². The van der Waals surface area contributed by atoms with Crippen LogP contribution >= 0.6 is 0 Å². The van der Waals surface area contributed by atoms with Crippen LogP contribution in [0.2, 0.25) is 0 Å². The standard InChI is InChI=1S/C12H23N3O2/c1-9-3-5-12(8-13,6-4-9)11(17)15(2)7-10(14)16/h9H,3-8,13H2,1-2H3,(H2,14,16). The second kappa shape index (κ2) is 5.49. The molecular formula is C12H23N3O2. The van der Waals surface area contributed by atoms with Gasteiger partial charge in [-0.25, -0.2) is 0 Å². The summed E-state index contributed by atoms with van der Waals surface area (Å²) in [4.78, 5) is 24.6. The van der Waals surface area contributed by atoms with E-state index in [1.807, 2.05) is 0 Å². The third kappa shape index (κ3) is 3.19. The molecule has 4 N–H and O–H groups in total. The molecule has 0 heterocycles. The fourth-order valence-corrected chi connectivity index (χ4v) is 2.53. The Kier molecular flexibility index (Phi) is 4.51. The predicted molar refractivity (Wildman–Crippen MR) is 66.0 cm³/mol. The fraction of sp³-hybridized carbons (Fsp3) is 0.833. The molecule has 2 amide bonds. The molecule has 1 rings (SSSR count). The lowest BCUT2D eigenvalue weighted by molar-refractivity contribution is -0.144. The quantitative estimate of drug-likeness (QED) is 0.730. The molecule has 1 aliphatic carbocycles. The number of hydrogen-bond acceptors (Lipinski definition) is 3. The lowest BCUT2D eigenvalue weighted by Gasteiger charge is -2.39. The number of carbonyl (C=O) groups is 2. The molecule has 0 aromatic rings. The van der Waals surface area contributed by atoms with E-state index in [1.165, 1.54) is 4.90 Å². The highest BCUT2D eigenvalue weighted by atomic mass is 16.2. The van der Waals surface area contributed by atoms with Gasteiger partial charge in [0.2, 0.25) is 11.8 Å². The van der Waals surface area contributed by atoms with Gasteiger partial charge in [0, 0.05) is 13.6 Å². The lowest BCUT2D eigenvalue weighted by atomic mass is 9.70. The van der Waals surface area contributed by atoms with Crippen molar-refractivity contribution in [3.05, 3.63) is 0 Å². The van der Waals surface area contributed by atoms with Crippen LogP contribution < -0.4 is 11.5 Å². The van der Waals surface area contributed by atoms with Crippen LogP contribution in [0.5, 0.6) is 0 Å². The van der Waals surface area contributed by atoms with E-state index in [1.54, 1.807) is 7.05 Å².